The van der Waals surface area contributed by atoms with Crippen LogP contribution in [0.25, 0.3) is 0 Å². The highest BCUT2D eigenvalue weighted by Gasteiger charge is 2.18. The van der Waals surface area contributed by atoms with E-state index < -0.39 is 10.0 Å². The standard InChI is InChI=1S/C12H18BrNO3S/c1-2-17-8-9-18(15,16)14-12(10-13)11-6-4-3-5-7-11/h3-7,12,14H,2,8-10H2,1H3. The van der Waals surface area contributed by atoms with Crippen LogP contribution in [-0.4, -0.2) is 32.7 Å². The van der Waals surface area contributed by atoms with Crippen molar-refractivity contribution in [3.05, 3.63) is 35.9 Å². The number of sulfonamides is 1. The highest BCUT2D eigenvalue weighted by atomic mass is 79.9. The van der Waals surface area contributed by atoms with Crippen molar-refractivity contribution in [1.29, 1.82) is 0 Å². The fourth-order valence-electron chi connectivity index (χ4n) is 1.46. The zero-order valence-corrected chi connectivity index (χ0v) is 12.7. The largest absolute Gasteiger partial charge is 0.381 e. The van der Waals surface area contributed by atoms with Gasteiger partial charge in [-0.3, -0.25) is 0 Å². The Labute approximate surface area is 117 Å². The van der Waals surface area contributed by atoms with Gasteiger partial charge in [0.2, 0.25) is 10.0 Å². The average molecular weight is 336 g/mol. The van der Waals surface area contributed by atoms with Crippen LogP contribution in [-0.2, 0) is 14.8 Å². The highest BCUT2D eigenvalue weighted by Crippen LogP contribution is 2.16. The van der Waals surface area contributed by atoms with E-state index in [9.17, 15) is 8.42 Å². The molecule has 0 fully saturated rings. The molecule has 0 spiro atoms. The summed E-state index contributed by atoms with van der Waals surface area (Å²) in [7, 11) is -3.32. The Bertz CT molecular complexity index is 436. The molecule has 1 N–H and O–H groups in total. The first-order valence-corrected chi connectivity index (χ1v) is 8.55. The Morgan fingerprint density at radius 1 is 1.33 bits per heavy atom. The second-order valence-electron chi connectivity index (χ2n) is 3.75. The molecule has 0 heterocycles. The summed E-state index contributed by atoms with van der Waals surface area (Å²) in [5, 5.41) is 0.533. The van der Waals surface area contributed by atoms with Crippen LogP contribution in [0.5, 0.6) is 0 Å². The lowest BCUT2D eigenvalue weighted by Gasteiger charge is -2.16. The molecule has 0 radical (unpaired) electrons. The molecule has 0 saturated heterocycles. The van der Waals surface area contributed by atoms with E-state index in [2.05, 4.69) is 20.7 Å². The van der Waals surface area contributed by atoms with Gasteiger partial charge in [-0.05, 0) is 12.5 Å². The van der Waals surface area contributed by atoms with Gasteiger partial charge in [0.05, 0.1) is 18.4 Å². The topological polar surface area (TPSA) is 55.4 Å². The molecule has 18 heavy (non-hydrogen) atoms. The Balaban J connectivity index is 2.63. The van der Waals surface area contributed by atoms with Crippen molar-refractivity contribution in [2.45, 2.75) is 13.0 Å². The van der Waals surface area contributed by atoms with Gasteiger partial charge < -0.3 is 4.74 Å². The molecule has 102 valence electrons. The van der Waals surface area contributed by atoms with Crippen molar-refractivity contribution in [2.75, 3.05) is 24.3 Å². The van der Waals surface area contributed by atoms with Gasteiger partial charge in [0.15, 0.2) is 0 Å². The molecule has 0 saturated carbocycles. The van der Waals surface area contributed by atoms with Gasteiger partial charge in [-0.15, -0.1) is 0 Å². The molecule has 0 bridgehead atoms. The summed E-state index contributed by atoms with van der Waals surface area (Å²) >= 11 is 3.33. The van der Waals surface area contributed by atoms with Crippen LogP contribution in [0.15, 0.2) is 30.3 Å². The molecule has 0 aliphatic heterocycles. The predicted molar refractivity (Wildman–Crippen MR) is 76.4 cm³/mol. The number of ether oxygens (including phenoxy) is 1. The fraction of sp³-hybridized carbons (Fsp3) is 0.500. The Morgan fingerprint density at radius 3 is 2.56 bits per heavy atom. The van der Waals surface area contributed by atoms with Crippen LogP contribution in [0.3, 0.4) is 0 Å². The van der Waals surface area contributed by atoms with Crippen LogP contribution in [0.1, 0.15) is 18.5 Å². The van der Waals surface area contributed by atoms with Crippen molar-refractivity contribution < 1.29 is 13.2 Å². The third-order valence-corrected chi connectivity index (χ3v) is 4.37. The van der Waals surface area contributed by atoms with Crippen molar-refractivity contribution >= 4 is 26.0 Å². The van der Waals surface area contributed by atoms with Gasteiger partial charge in [-0.2, -0.15) is 0 Å². The smallest absolute Gasteiger partial charge is 0.214 e. The first-order valence-electron chi connectivity index (χ1n) is 5.77. The van der Waals surface area contributed by atoms with Crippen LogP contribution in [0.4, 0.5) is 0 Å². The summed E-state index contributed by atoms with van der Waals surface area (Å²) in [5.74, 6) is -0.0167. The predicted octanol–water partition coefficient (Wildman–Crippen LogP) is 2.08. The SMILES string of the molecule is CCOCCS(=O)(=O)NC(CBr)c1ccccc1. The van der Waals surface area contributed by atoms with E-state index in [1.807, 2.05) is 37.3 Å². The van der Waals surface area contributed by atoms with Crippen molar-refractivity contribution in [2.24, 2.45) is 0 Å². The fourth-order valence-corrected chi connectivity index (χ4v) is 3.32. The summed E-state index contributed by atoms with van der Waals surface area (Å²) in [6.45, 7) is 2.58. The van der Waals surface area contributed by atoms with Crippen molar-refractivity contribution in [3.63, 3.8) is 0 Å². The molecule has 1 aromatic rings. The minimum Gasteiger partial charge on any atom is -0.381 e. The van der Waals surface area contributed by atoms with E-state index >= 15 is 0 Å². The van der Waals surface area contributed by atoms with E-state index in [4.69, 9.17) is 4.74 Å². The van der Waals surface area contributed by atoms with Crippen molar-refractivity contribution in [3.8, 4) is 0 Å². The van der Waals surface area contributed by atoms with E-state index in [0.717, 1.165) is 5.56 Å². The Kier molecular flexibility index (Phi) is 6.85. The summed E-state index contributed by atoms with van der Waals surface area (Å²) in [6, 6.07) is 9.23. The molecule has 1 unspecified atom stereocenters. The minimum atomic E-state index is -3.32. The molecule has 0 aliphatic carbocycles. The number of benzene rings is 1. The summed E-state index contributed by atoms with van der Waals surface area (Å²) in [5.41, 5.74) is 0.939. The third-order valence-electron chi connectivity index (χ3n) is 2.38. The maximum atomic E-state index is 11.8. The number of alkyl halides is 1. The number of hydrogen-bond donors (Lipinski definition) is 1. The Morgan fingerprint density at radius 2 is 2.00 bits per heavy atom. The first kappa shape index (κ1) is 15.6. The maximum Gasteiger partial charge on any atom is 0.214 e. The molecule has 1 aromatic carbocycles. The van der Waals surface area contributed by atoms with Gasteiger partial charge >= 0.3 is 0 Å². The summed E-state index contributed by atoms with van der Waals surface area (Å²) in [6.07, 6.45) is 0. The van der Waals surface area contributed by atoms with Crippen LogP contribution in [0, 0.1) is 0 Å². The Hall–Kier alpha value is -0.430. The van der Waals surface area contributed by atoms with E-state index in [-0.39, 0.29) is 18.4 Å². The van der Waals surface area contributed by atoms with Crippen LogP contribution in [0.2, 0.25) is 0 Å². The number of nitrogens with one attached hydrogen (secondary N) is 1. The quantitative estimate of drug-likeness (QED) is 0.584. The molecule has 1 rings (SSSR count). The normalized spacial score (nSPS) is 13.4. The lowest BCUT2D eigenvalue weighted by Crippen LogP contribution is -2.33. The molecule has 6 heteroatoms. The first-order chi connectivity index (χ1) is 8.59. The monoisotopic (exact) mass is 335 g/mol. The maximum absolute atomic E-state index is 11.8. The molecule has 4 nitrogen and oxygen atoms in total. The molecular weight excluding hydrogens is 318 g/mol. The lowest BCUT2D eigenvalue weighted by atomic mass is 10.1. The second kappa shape index (κ2) is 7.89. The second-order valence-corrected chi connectivity index (χ2v) is 6.27. The van der Waals surface area contributed by atoms with Crippen LogP contribution < -0.4 is 4.72 Å². The summed E-state index contributed by atoms with van der Waals surface area (Å²) in [4.78, 5) is 0. The van der Waals surface area contributed by atoms with Gasteiger partial charge in [-0.1, -0.05) is 46.3 Å². The minimum absolute atomic E-state index is 0.0167. The van der Waals surface area contributed by atoms with Gasteiger partial charge in [0, 0.05) is 11.9 Å². The summed E-state index contributed by atoms with van der Waals surface area (Å²) < 4.78 is 31.4. The van der Waals surface area contributed by atoms with Gasteiger partial charge in [-0.25, -0.2) is 13.1 Å². The number of rotatable bonds is 8. The van der Waals surface area contributed by atoms with Crippen molar-refractivity contribution in [1.82, 2.24) is 4.72 Å². The third kappa shape index (κ3) is 5.48. The number of halogens is 1. The van der Waals surface area contributed by atoms with Gasteiger partial charge in [0.1, 0.15) is 0 Å². The highest BCUT2D eigenvalue weighted by molar-refractivity contribution is 9.09. The van der Waals surface area contributed by atoms with E-state index in [0.29, 0.717) is 11.9 Å². The molecular formula is C12H18BrNO3S. The number of hydrogen-bond acceptors (Lipinski definition) is 3. The zero-order valence-electron chi connectivity index (χ0n) is 10.3. The van der Waals surface area contributed by atoms with E-state index in [1.165, 1.54) is 0 Å². The molecule has 0 amide bonds. The average Bonchev–Trinajstić information content (AvgIpc) is 2.37. The van der Waals surface area contributed by atoms with E-state index in [1.54, 1.807) is 0 Å². The molecule has 0 aromatic heterocycles. The van der Waals surface area contributed by atoms with Crippen LogP contribution >= 0.6 is 15.9 Å². The molecule has 0 aliphatic rings. The lowest BCUT2D eigenvalue weighted by molar-refractivity contribution is 0.163. The van der Waals surface area contributed by atoms with Gasteiger partial charge in [0.25, 0.3) is 0 Å². The molecule has 1 atom stereocenters. The zero-order chi connectivity index (χ0) is 13.4.